The minimum absolute atomic E-state index is 0.0736. The molecule has 2 aromatic carbocycles. The Bertz CT molecular complexity index is 1310. The zero-order valence-electron chi connectivity index (χ0n) is 21.4. The van der Waals surface area contributed by atoms with Gasteiger partial charge in [0.2, 0.25) is 5.75 Å². The number of benzene rings is 2. The standard InChI is InChI=1S/C27H29F3N6O3/c1-2-35-10-12-36(13-11-35)16-19-3-6-20(15-22(19)27(28,29)30)34-25(37)18-4-7-21(8-5-18)39-26-23-24(32-17-33-26)31-9-14-38-23/h3-8,15,17H,2,9-14,16H2,1H3,(H,34,37)(H,31,32,33). The number of nitrogens with zero attached hydrogens (tertiary/aromatic N) is 4. The lowest BCUT2D eigenvalue weighted by atomic mass is 10.0. The predicted molar refractivity (Wildman–Crippen MR) is 139 cm³/mol. The monoisotopic (exact) mass is 542 g/mol. The lowest BCUT2D eigenvalue weighted by Gasteiger charge is -2.34. The number of fused-ring (bicyclic) bond motifs is 1. The number of hydrogen-bond acceptors (Lipinski definition) is 8. The third kappa shape index (κ3) is 6.40. The third-order valence-corrected chi connectivity index (χ3v) is 6.72. The van der Waals surface area contributed by atoms with Gasteiger partial charge in [-0.1, -0.05) is 13.0 Å². The smallest absolute Gasteiger partial charge is 0.416 e. The van der Waals surface area contributed by atoms with Gasteiger partial charge in [0, 0.05) is 44.0 Å². The molecule has 0 radical (unpaired) electrons. The SMILES string of the molecule is CCN1CCN(Cc2ccc(NC(=O)c3ccc(Oc4ncnc5c4OCCN5)cc3)cc2C(F)(F)F)CC1. The summed E-state index contributed by atoms with van der Waals surface area (Å²) >= 11 is 0. The first-order valence-electron chi connectivity index (χ1n) is 12.8. The number of rotatable bonds is 7. The van der Waals surface area contributed by atoms with E-state index in [-0.39, 0.29) is 29.2 Å². The maximum atomic E-state index is 13.9. The largest absolute Gasteiger partial charge is 0.483 e. The van der Waals surface area contributed by atoms with Crippen LogP contribution in [0, 0.1) is 0 Å². The van der Waals surface area contributed by atoms with Crippen molar-refractivity contribution in [1.29, 1.82) is 0 Å². The molecule has 0 unspecified atom stereocenters. The molecule has 3 heterocycles. The molecule has 2 aliphatic rings. The molecule has 0 atom stereocenters. The Hall–Kier alpha value is -3.90. The number of piperazine rings is 1. The van der Waals surface area contributed by atoms with Gasteiger partial charge in [0.1, 0.15) is 18.7 Å². The fraction of sp³-hybridized carbons (Fsp3) is 0.370. The van der Waals surface area contributed by atoms with E-state index in [4.69, 9.17) is 9.47 Å². The molecular weight excluding hydrogens is 513 g/mol. The van der Waals surface area contributed by atoms with E-state index >= 15 is 0 Å². The van der Waals surface area contributed by atoms with Crippen LogP contribution in [-0.2, 0) is 12.7 Å². The number of halogens is 3. The zero-order chi connectivity index (χ0) is 27.4. The molecule has 2 N–H and O–H groups in total. The lowest BCUT2D eigenvalue weighted by molar-refractivity contribution is -0.138. The zero-order valence-corrected chi connectivity index (χ0v) is 21.4. The molecule has 1 saturated heterocycles. The Balaban J connectivity index is 1.25. The summed E-state index contributed by atoms with van der Waals surface area (Å²) in [5.41, 5.74) is -0.217. The van der Waals surface area contributed by atoms with Crippen LogP contribution in [0.1, 0.15) is 28.4 Å². The summed E-state index contributed by atoms with van der Waals surface area (Å²) in [6, 6.07) is 10.1. The van der Waals surface area contributed by atoms with E-state index in [2.05, 4.69) is 32.4 Å². The summed E-state index contributed by atoms with van der Waals surface area (Å²) in [6.07, 6.45) is -3.19. The van der Waals surface area contributed by atoms with Crippen molar-refractivity contribution >= 4 is 17.4 Å². The van der Waals surface area contributed by atoms with Crippen molar-refractivity contribution in [3.8, 4) is 17.4 Å². The highest BCUT2D eigenvalue weighted by atomic mass is 19.4. The van der Waals surface area contributed by atoms with Gasteiger partial charge in [0.25, 0.3) is 11.8 Å². The van der Waals surface area contributed by atoms with Crippen molar-refractivity contribution in [2.24, 2.45) is 0 Å². The Morgan fingerprint density at radius 1 is 1.08 bits per heavy atom. The van der Waals surface area contributed by atoms with Crippen LogP contribution in [0.5, 0.6) is 17.4 Å². The molecular formula is C27H29F3N6O3. The highest BCUT2D eigenvalue weighted by Gasteiger charge is 2.34. The van der Waals surface area contributed by atoms with Crippen LogP contribution < -0.4 is 20.1 Å². The van der Waals surface area contributed by atoms with E-state index in [1.807, 2.05) is 4.90 Å². The van der Waals surface area contributed by atoms with Crippen LogP contribution >= 0.6 is 0 Å². The van der Waals surface area contributed by atoms with Crippen molar-refractivity contribution in [2.75, 3.05) is 56.5 Å². The van der Waals surface area contributed by atoms with Gasteiger partial charge in [-0.15, -0.1) is 0 Å². The van der Waals surface area contributed by atoms with E-state index < -0.39 is 17.6 Å². The molecule has 3 aromatic rings. The molecule has 0 aliphatic carbocycles. The molecule has 206 valence electrons. The fourth-order valence-electron chi connectivity index (χ4n) is 4.56. The van der Waals surface area contributed by atoms with Crippen LogP contribution in [0.2, 0.25) is 0 Å². The topological polar surface area (TPSA) is 91.9 Å². The average molecular weight is 543 g/mol. The summed E-state index contributed by atoms with van der Waals surface area (Å²) in [7, 11) is 0. The molecule has 39 heavy (non-hydrogen) atoms. The Morgan fingerprint density at radius 2 is 1.82 bits per heavy atom. The van der Waals surface area contributed by atoms with Gasteiger partial charge in [0.05, 0.1) is 12.1 Å². The van der Waals surface area contributed by atoms with Crippen molar-refractivity contribution < 1.29 is 27.4 Å². The summed E-state index contributed by atoms with van der Waals surface area (Å²) in [4.78, 5) is 25.3. The number of alkyl halides is 3. The van der Waals surface area contributed by atoms with Crippen molar-refractivity contribution in [3.63, 3.8) is 0 Å². The maximum Gasteiger partial charge on any atom is 0.416 e. The van der Waals surface area contributed by atoms with Crippen molar-refractivity contribution in [2.45, 2.75) is 19.6 Å². The van der Waals surface area contributed by atoms with Crippen LogP contribution in [0.25, 0.3) is 0 Å². The number of carbonyl (C=O) groups excluding carboxylic acids is 1. The Morgan fingerprint density at radius 3 is 2.54 bits per heavy atom. The number of likely N-dealkylation sites (N-methyl/N-ethyl adjacent to an activating group) is 1. The number of carbonyl (C=O) groups is 1. The molecule has 5 rings (SSSR count). The number of ether oxygens (including phenoxy) is 2. The molecule has 1 amide bonds. The van der Waals surface area contributed by atoms with Gasteiger partial charge in [-0.25, -0.2) is 4.98 Å². The van der Waals surface area contributed by atoms with Crippen LogP contribution in [-0.4, -0.2) is 71.6 Å². The molecule has 0 bridgehead atoms. The lowest BCUT2D eigenvalue weighted by Crippen LogP contribution is -2.45. The van der Waals surface area contributed by atoms with Crippen molar-refractivity contribution in [1.82, 2.24) is 19.8 Å². The van der Waals surface area contributed by atoms with Gasteiger partial charge in [-0.3, -0.25) is 9.69 Å². The highest BCUT2D eigenvalue weighted by Crippen LogP contribution is 2.36. The van der Waals surface area contributed by atoms with Gasteiger partial charge >= 0.3 is 6.18 Å². The van der Waals surface area contributed by atoms with Gasteiger partial charge in [-0.2, -0.15) is 18.2 Å². The minimum Gasteiger partial charge on any atom is -0.483 e. The number of hydrogen-bond donors (Lipinski definition) is 2. The van der Waals surface area contributed by atoms with Crippen molar-refractivity contribution in [3.05, 3.63) is 65.5 Å². The summed E-state index contributed by atoms with van der Waals surface area (Å²) in [6.45, 7) is 7.39. The number of aromatic nitrogens is 2. The molecule has 1 aromatic heterocycles. The first-order valence-corrected chi connectivity index (χ1v) is 12.8. The molecule has 1 fully saturated rings. The maximum absolute atomic E-state index is 13.9. The number of nitrogens with one attached hydrogen (secondary N) is 2. The molecule has 0 spiro atoms. The van der Waals surface area contributed by atoms with Gasteiger partial charge in [0.15, 0.2) is 5.82 Å². The molecule has 0 saturated carbocycles. The molecule has 9 nitrogen and oxygen atoms in total. The third-order valence-electron chi connectivity index (χ3n) is 6.72. The Labute approximate surface area is 223 Å². The van der Waals surface area contributed by atoms with Crippen LogP contribution in [0.15, 0.2) is 48.8 Å². The summed E-state index contributed by atoms with van der Waals surface area (Å²) in [5.74, 6) is 1.04. The van der Waals surface area contributed by atoms with E-state index in [9.17, 15) is 18.0 Å². The van der Waals surface area contributed by atoms with Crippen LogP contribution in [0.4, 0.5) is 24.7 Å². The first-order chi connectivity index (χ1) is 18.8. The number of amides is 1. The van der Waals surface area contributed by atoms with E-state index in [1.165, 1.54) is 30.6 Å². The molecule has 2 aliphatic heterocycles. The predicted octanol–water partition coefficient (Wildman–Crippen LogP) is 4.48. The average Bonchev–Trinajstić information content (AvgIpc) is 2.94. The highest BCUT2D eigenvalue weighted by molar-refractivity contribution is 6.04. The second-order valence-corrected chi connectivity index (χ2v) is 9.29. The first kappa shape index (κ1) is 26.7. The number of anilines is 2. The summed E-state index contributed by atoms with van der Waals surface area (Å²) < 4.78 is 53.1. The van der Waals surface area contributed by atoms with E-state index in [0.29, 0.717) is 43.6 Å². The quantitative estimate of drug-likeness (QED) is 0.452. The normalized spacial score (nSPS) is 16.1. The van der Waals surface area contributed by atoms with Gasteiger partial charge < -0.3 is 25.0 Å². The fourth-order valence-corrected chi connectivity index (χ4v) is 4.56. The van der Waals surface area contributed by atoms with Crippen LogP contribution in [0.3, 0.4) is 0 Å². The van der Waals surface area contributed by atoms with E-state index in [1.54, 1.807) is 12.1 Å². The summed E-state index contributed by atoms with van der Waals surface area (Å²) in [5, 5.41) is 5.67. The second kappa shape index (κ2) is 11.5. The molecule has 12 heteroatoms. The second-order valence-electron chi connectivity index (χ2n) is 9.29. The minimum atomic E-state index is -4.54. The van der Waals surface area contributed by atoms with Gasteiger partial charge in [-0.05, 0) is 48.5 Å². The van der Waals surface area contributed by atoms with E-state index in [0.717, 1.165) is 25.7 Å². The Kier molecular flexibility index (Phi) is 7.84.